The van der Waals surface area contributed by atoms with Gasteiger partial charge in [-0.2, -0.15) is 0 Å². The van der Waals surface area contributed by atoms with Crippen LogP contribution in [0, 0.1) is 11.8 Å². The molecule has 1 aromatic heterocycles. The van der Waals surface area contributed by atoms with Gasteiger partial charge in [-0.1, -0.05) is 30.3 Å². The van der Waals surface area contributed by atoms with Crippen LogP contribution in [0.2, 0.25) is 0 Å². The van der Waals surface area contributed by atoms with Crippen LogP contribution in [0.3, 0.4) is 0 Å². The van der Waals surface area contributed by atoms with Gasteiger partial charge in [0.15, 0.2) is 0 Å². The highest BCUT2D eigenvalue weighted by molar-refractivity contribution is 5.90. The van der Waals surface area contributed by atoms with Gasteiger partial charge in [-0.05, 0) is 30.5 Å². The van der Waals surface area contributed by atoms with Crippen LogP contribution in [0.1, 0.15) is 22.0 Å². The third kappa shape index (κ3) is 2.39. The summed E-state index contributed by atoms with van der Waals surface area (Å²) in [5.74, 6) is 2.46. The summed E-state index contributed by atoms with van der Waals surface area (Å²) in [6, 6.07) is 9.89. The highest BCUT2D eigenvalue weighted by atomic mass is 16.2. The molecule has 0 unspecified atom stereocenters. The normalized spacial score (nSPS) is 22.9. The number of aromatic nitrogens is 3. The van der Waals surface area contributed by atoms with Crippen molar-refractivity contribution in [1.29, 1.82) is 0 Å². The molecule has 1 fully saturated rings. The summed E-state index contributed by atoms with van der Waals surface area (Å²) in [6.07, 6.45) is 0.913. The lowest BCUT2D eigenvalue weighted by Gasteiger charge is -2.25. The van der Waals surface area contributed by atoms with Gasteiger partial charge in [0.2, 0.25) is 5.82 Å². The summed E-state index contributed by atoms with van der Waals surface area (Å²) >= 11 is 0. The van der Waals surface area contributed by atoms with E-state index in [1.54, 1.807) is 0 Å². The number of fused-ring (bicyclic) bond motifs is 2. The molecule has 0 radical (unpaired) electrons. The van der Waals surface area contributed by atoms with Gasteiger partial charge in [-0.25, -0.2) is 0 Å². The number of amides is 1. The van der Waals surface area contributed by atoms with Gasteiger partial charge < -0.3 is 15.2 Å². The van der Waals surface area contributed by atoms with Crippen molar-refractivity contribution < 1.29 is 4.79 Å². The fraction of sp³-hybridized carbons (Fsp3) is 0.438. The average molecular weight is 297 g/mol. The van der Waals surface area contributed by atoms with E-state index in [1.807, 2.05) is 34.9 Å². The van der Waals surface area contributed by atoms with E-state index in [2.05, 4.69) is 20.8 Å². The number of carbonyl (C=O) groups excluding carboxylic acids is 1. The van der Waals surface area contributed by atoms with Gasteiger partial charge in [0.05, 0.1) is 0 Å². The molecule has 1 aromatic carbocycles. The molecule has 2 aliphatic heterocycles. The first-order valence-corrected chi connectivity index (χ1v) is 7.76. The van der Waals surface area contributed by atoms with Crippen molar-refractivity contribution in [3.05, 3.63) is 47.5 Å². The second-order valence-corrected chi connectivity index (χ2v) is 6.10. The fourth-order valence-corrected chi connectivity index (χ4v) is 3.41. The van der Waals surface area contributed by atoms with Crippen LogP contribution in [0.25, 0.3) is 0 Å². The first-order chi connectivity index (χ1) is 10.8. The molecule has 3 heterocycles. The van der Waals surface area contributed by atoms with Crippen LogP contribution < -0.4 is 10.6 Å². The van der Waals surface area contributed by atoms with Crippen LogP contribution >= 0.6 is 0 Å². The quantitative estimate of drug-likeness (QED) is 0.870. The van der Waals surface area contributed by atoms with Crippen LogP contribution in [0.4, 0.5) is 0 Å². The summed E-state index contributed by atoms with van der Waals surface area (Å²) in [5, 5.41) is 14.7. The topological polar surface area (TPSA) is 71.8 Å². The van der Waals surface area contributed by atoms with E-state index < -0.39 is 0 Å². The number of hydrogen-bond donors (Lipinski definition) is 2. The Morgan fingerprint density at radius 2 is 2.05 bits per heavy atom. The fourth-order valence-electron chi connectivity index (χ4n) is 3.41. The number of nitrogens with one attached hydrogen (secondary N) is 2. The maximum Gasteiger partial charge on any atom is 0.289 e. The van der Waals surface area contributed by atoms with Gasteiger partial charge in [-0.3, -0.25) is 4.79 Å². The molecule has 2 aliphatic rings. The number of benzene rings is 1. The molecule has 2 atom stereocenters. The highest BCUT2D eigenvalue weighted by Crippen LogP contribution is 2.28. The van der Waals surface area contributed by atoms with Gasteiger partial charge in [0.25, 0.3) is 5.91 Å². The minimum absolute atomic E-state index is 0.146. The van der Waals surface area contributed by atoms with E-state index in [0.717, 1.165) is 37.4 Å². The van der Waals surface area contributed by atoms with E-state index in [-0.39, 0.29) is 5.91 Å². The molecule has 6 heteroatoms. The van der Waals surface area contributed by atoms with Crippen LogP contribution in [-0.2, 0) is 19.5 Å². The Hall–Kier alpha value is -2.21. The molecule has 1 saturated heterocycles. The third-order valence-electron chi connectivity index (χ3n) is 4.67. The summed E-state index contributed by atoms with van der Waals surface area (Å²) in [7, 11) is 0. The highest BCUT2D eigenvalue weighted by Gasteiger charge is 2.35. The standard InChI is InChI=1S/C16H19N5O/c22-16(18-7-11-4-2-1-3-5-11)15-20-19-14-6-12-8-17-9-13(12)10-21(14)15/h1-5,12-13,17H,6-10H2,(H,18,22)/t12-,13+/m1/s1. The van der Waals surface area contributed by atoms with Crippen LogP contribution in [0.5, 0.6) is 0 Å². The molecule has 0 saturated carbocycles. The molecule has 22 heavy (non-hydrogen) atoms. The molecule has 2 aromatic rings. The van der Waals surface area contributed by atoms with E-state index in [9.17, 15) is 4.79 Å². The summed E-state index contributed by atoms with van der Waals surface area (Å²) in [5.41, 5.74) is 1.08. The maximum atomic E-state index is 12.4. The first-order valence-electron chi connectivity index (χ1n) is 7.76. The van der Waals surface area contributed by atoms with E-state index >= 15 is 0 Å². The van der Waals surface area contributed by atoms with E-state index in [4.69, 9.17) is 0 Å². The van der Waals surface area contributed by atoms with E-state index in [1.165, 1.54) is 0 Å². The number of rotatable bonds is 3. The Bertz CT molecular complexity index is 681. The van der Waals surface area contributed by atoms with Crippen molar-refractivity contribution >= 4 is 5.91 Å². The van der Waals surface area contributed by atoms with Crippen LogP contribution in [-0.4, -0.2) is 33.8 Å². The molecular formula is C16H19N5O. The lowest BCUT2D eigenvalue weighted by molar-refractivity contribution is 0.0932. The van der Waals surface area contributed by atoms with Gasteiger partial charge in [-0.15, -0.1) is 10.2 Å². The molecule has 0 spiro atoms. The van der Waals surface area contributed by atoms with Crippen molar-refractivity contribution in [1.82, 2.24) is 25.4 Å². The summed E-state index contributed by atoms with van der Waals surface area (Å²) in [6.45, 7) is 3.42. The Labute approximate surface area is 128 Å². The SMILES string of the molecule is O=C(NCc1ccccc1)c1nnc2n1C[C@@H]1CNC[C@H]1C2. The summed E-state index contributed by atoms with van der Waals surface area (Å²) in [4.78, 5) is 12.4. The number of nitrogens with zero attached hydrogens (tertiary/aromatic N) is 3. The minimum Gasteiger partial charge on any atom is -0.345 e. The zero-order valence-corrected chi connectivity index (χ0v) is 12.3. The van der Waals surface area contributed by atoms with Crippen molar-refractivity contribution in [2.75, 3.05) is 13.1 Å². The zero-order chi connectivity index (χ0) is 14.9. The Morgan fingerprint density at radius 1 is 1.23 bits per heavy atom. The molecule has 0 aliphatic carbocycles. The second kappa shape index (κ2) is 5.53. The van der Waals surface area contributed by atoms with Gasteiger partial charge in [0.1, 0.15) is 5.82 Å². The zero-order valence-electron chi connectivity index (χ0n) is 12.3. The molecular weight excluding hydrogens is 278 g/mol. The molecule has 6 nitrogen and oxygen atoms in total. The molecule has 114 valence electrons. The van der Waals surface area contributed by atoms with E-state index in [0.29, 0.717) is 24.2 Å². The maximum absolute atomic E-state index is 12.4. The monoisotopic (exact) mass is 297 g/mol. The van der Waals surface area contributed by atoms with Crippen molar-refractivity contribution in [3.63, 3.8) is 0 Å². The lowest BCUT2D eigenvalue weighted by Crippen LogP contribution is -2.32. The molecule has 2 N–H and O–H groups in total. The van der Waals surface area contributed by atoms with Gasteiger partial charge >= 0.3 is 0 Å². The third-order valence-corrected chi connectivity index (χ3v) is 4.67. The first kappa shape index (κ1) is 13.5. The van der Waals surface area contributed by atoms with Crippen LogP contribution in [0.15, 0.2) is 30.3 Å². The number of hydrogen-bond acceptors (Lipinski definition) is 4. The lowest BCUT2D eigenvalue weighted by atomic mass is 9.89. The predicted molar refractivity (Wildman–Crippen MR) is 81.2 cm³/mol. The summed E-state index contributed by atoms with van der Waals surface area (Å²) < 4.78 is 1.99. The van der Waals surface area contributed by atoms with Crippen molar-refractivity contribution in [2.45, 2.75) is 19.5 Å². The average Bonchev–Trinajstić information content (AvgIpc) is 3.17. The Morgan fingerprint density at radius 3 is 2.91 bits per heavy atom. The Kier molecular flexibility index (Phi) is 3.38. The van der Waals surface area contributed by atoms with Crippen molar-refractivity contribution in [3.8, 4) is 0 Å². The second-order valence-electron chi connectivity index (χ2n) is 6.10. The molecule has 1 amide bonds. The van der Waals surface area contributed by atoms with Gasteiger partial charge in [0, 0.05) is 19.5 Å². The minimum atomic E-state index is -0.146. The van der Waals surface area contributed by atoms with Crippen molar-refractivity contribution in [2.24, 2.45) is 11.8 Å². The molecule has 4 rings (SSSR count). The Balaban J connectivity index is 1.48. The number of carbonyl (C=O) groups is 1. The predicted octanol–water partition coefficient (Wildman–Crippen LogP) is 0.600. The smallest absolute Gasteiger partial charge is 0.289 e. The largest absolute Gasteiger partial charge is 0.345 e. The molecule has 0 bridgehead atoms.